The van der Waals surface area contributed by atoms with Gasteiger partial charge in [-0.2, -0.15) is 0 Å². The molecule has 0 aliphatic carbocycles. The molecule has 3 heterocycles. The highest BCUT2D eigenvalue weighted by Gasteiger charge is 2.33. The highest BCUT2D eigenvalue weighted by atomic mass is 35.5. The summed E-state index contributed by atoms with van der Waals surface area (Å²) in [5, 5.41) is 12.4. The normalized spacial score (nSPS) is 14.8. The number of aromatic amines is 1. The summed E-state index contributed by atoms with van der Waals surface area (Å²) >= 11 is 7.77. The van der Waals surface area contributed by atoms with Gasteiger partial charge in [-0.05, 0) is 36.4 Å². The summed E-state index contributed by atoms with van der Waals surface area (Å²) in [7, 11) is 3.21. The Morgan fingerprint density at radius 2 is 2.03 bits per heavy atom. The molecular weight excluding hydrogens is 462 g/mol. The Labute approximate surface area is 199 Å². The molecular formula is C24H22ClN3O4S. The summed E-state index contributed by atoms with van der Waals surface area (Å²) in [4.78, 5) is 23.5. The number of halogens is 1. The summed E-state index contributed by atoms with van der Waals surface area (Å²) in [6, 6.07) is 10.4. The SMILES string of the molecule is COc1ccc(-c2nc3c(s2)CN([C@H](C(=O)O)c2c[nH]c4ccc(Cl)cc24)CC3)cc1OC. The molecule has 1 aliphatic rings. The number of carbonyl (C=O) groups is 1. The average Bonchev–Trinajstić information content (AvgIpc) is 3.42. The maximum Gasteiger partial charge on any atom is 0.325 e. The van der Waals surface area contributed by atoms with E-state index in [4.69, 9.17) is 26.1 Å². The molecule has 0 unspecified atom stereocenters. The van der Waals surface area contributed by atoms with Crippen LogP contribution in [0.1, 0.15) is 22.2 Å². The first-order valence-corrected chi connectivity index (χ1v) is 11.6. The number of hydrogen-bond donors (Lipinski definition) is 2. The van der Waals surface area contributed by atoms with E-state index in [2.05, 4.69) is 4.98 Å². The molecule has 1 aliphatic heterocycles. The second-order valence-corrected chi connectivity index (χ2v) is 9.37. The molecule has 2 aromatic carbocycles. The van der Waals surface area contributed by atoms with Crippen molar-refractivity contribution >= 4 is 39.8 Å². The van der Waals surface area contributed by atoms with E-state index in [1.165, 1.54) is 0 Å². The molecule has 7 nitrogen and oxygen atoms in total. The average molecular weight is 484 g/mol. The van der Waals surface area contributed by atoms with E-state index in [1.54, 1.807) is 37.8 Å². The van der Waals surface area contributed by atoms with E-state index in [0.717, 1.165) is 32.0 Å². The first kappa shape index (κ1) is 21.8. The summed E-state index contributed by atoms with van der Waals surface area (Å²) in [6.45, 7) is 1.12. The number of benzene rings is 2. The van der Waals surface area contributed by atoms with Gasteiger partial charge in [0, 0.05) is 57.6 Å². The van der Waals surface area contributed by atoms with Gasteiger partial charge in [0.1, 0.15) is 11.0 Å². The highest BCUT2D eigenvalue weighted by Crippen LogP contribution is 2.39. The molecule has 0 amide bonds. The largest absolute Gasteiger partial charge is 0.493 e. The number of H-pyrrole nitrogens is 1. The van der Waals surface area contributed by atoms with Crippen molar-refractivity contribution in [2.45, 2.75) is 19.0 Å². The Hall–Kier alpha value is -3.07. The lowest BCUT2D eigenvalue weighted by Crippen LogP contribution is -2.37. The van der Waals surface area contributed by atoms with Gasteiger partial charge >= 0.3 is 5.97 Å². The summed E-state index contributed by atoms with van der Waals surface area (Å²) in [5.41, 5.74) is 3.55. The van der Waals surface area contributed by atoms with Gasteiger partial charge in [-0.1, -0.05) is 11.6 Å². The Balaban J connectivity index is 1.46. The Morgan fingerprint density at radius 1 is 1.21 bits per heavy atom. The van der Waals surface area contributed by atoms with Crippen LogP contribution in [0.25, 0.3) is 21.5 Å². The second kappa shape index (κ2) is 8.70. The zero-order valence-corrected chi connectivity index (χ0v) is 19.7. The molecule has 0 bridgehead atoms. The molecule has 1 atom stereocenters. The molecule has 2 aromatic heterocycles. The summed E-state index contributed by atoms with van der Waals surface area (Å²) in [6.07, 6.45) is 2.46. The van der Waals surface area contributed by atoms with Crippen molar-refractivity contribution in [3.8, 4) is 22.1 Å². The van der Waals surface area contributed by atoms with Crippen molar-refractivity contribution in [1.82, 2.24) is 14.9 Å². The number of ether oxygens (including phenoxy) is 2. The number of aliphatic carboxylic acids is 1. The summed E-state index contributed by atoms with van der Waals surface area (Å²) in [5.74, 6) is 0.426. The minimum absolute atomic E-state index is 0.518. The molecule has 33 heavy (non-hydrogen) atoms. The number of fused-ring (bicyclic) bond motifs is 2. The molecule has 0 spiro atoms. The molecule has 0 saturated carbocycles. The number of thiazole rings is 1. The van der Waals surface area contributed by atoms with Gasteiger partial charge in [0.2, 0.25) is 0 Å². The Morgan fingerprint density at radius 3 is 2.79 bits per heavy atom. The van der Waals surface area contributed by atoms with Crippen LogP contribution in [0.3, 0.4) is 0 Å². The number of nitrogens with zero attached hydrogens (tertiary/aromatic N) is 2. The lowest BCUT2D eigenvalue weighted by molar-refractivity contribution is -0.144. The molecule has 9 heteroatoms. The van der Waals surface area contributed by atoms with Crippen LogP contribution >= 0.6 is 22.9 Å². The van der Waals surface area contributed by atoms with Crippen LogP contribution in [0.4, 0.5) is 0 Å². The number of methoxy groups -OCH3 is 2. The number of nitrogens with one attached hydrogen (secondary N) is 1. The Kier molecular flexibility index (Phi) is 5.74. The third-order valence-corrected chi connectivity index (χ3v) is 7.33. The van der Waals surface area contributed by atoms with Crippen LogP contribution in [0.15, 0.2) is 42.6 Å². The van der Waals surface area contributed by atoms with E-state index < -0.39 is 12.0 Å². The highest BCUT2D eigenvalue weighted by molar-refractivity contribution is 7.15. The zero-order valence-electron chi connectivity index (χ0n) is 18.1. The van der Waals surface area contributed by atoms with Gasteiger partial charge in [0.15, 0.2) is 11.5 Å². The topological polar surface area (TPSA) is 87.7 Å². The van der Waals surface area contributed by atoms with Crippen LogP contribution < -0.4 is 9.47 Å². The fourth-order valence-corrected chi connectivity index (χ4v) is 5.66. The van der Waals surface area contributed by atoms with Crippen molar-refractivity contribution in [2.75, 3.05) is 20.8 Å². The van der Waals surface area contributed by atoms with Crippen LogP contribution in [0.2, 0.25) is 5.02 Å². The minimum Gasteiger partial charge on any atom is -0.493 e. The van der Waals surface area contributed by atoms with Crippen LogP contribution in [0, 0.1) is 0 Å². The van der Waals surface area contributed by atoms with Crippen molar-refractivity contribution in [3.05, 3.63) is 63.8 Å². The quantitative estimate of drug-likeness (QED) is 0.394. The van der Waals surface area contributed by atoms with Gasteiger partial charge < -0.3 is 19.6 Å². The maximum atomic E-state index is 12.4. The fraction of sp³-hybridized carbons (Fsp3) is 0.250. The molecule has 5 rings (SSSR count). The second-order valence-electron chi connectivity index (χ2n) is 7.85. The zero-order chi connectivity index (χ0) is 23.1. The van der Waals surface area contributed by atoms with Gasteiger partial charge in [-0.3, -0.25) is 9.69 Å². The number of carboxylic acid groups (broad SMARTS) is 1. The Bertz CT molecular complexity index is 1350. The maximum absolute atomic E-state index is 12.4. The number of carboxylic acids is 1. The molecule has 0 saturated heterocycles. The van der Waals surface area contributed by atoms with Crippen LogP contribution in [-0.2, 0) is 17.8 Å². The molecule has 0 fully saturated rings. The predicted molar refractivity (Wildman–Crippen MR) is 128 cm³/mol. The lowest BCUT2D eigenvalue weighted by Gasteiger charge is -2.31. The minimum atomic E-state index is -0.885. The number of hydrogen-bond acceptors (Lipinski definition) is 6. The van der Waals surface area contributed by atoms with Crippen molar-refractivity contribution in [3.63, 3.8) is 0 Å². The first-order valence-electron chi connectivity index (χ1n) is 10.4. The van der Waals surface area contributed by atoms with E-state index in [-0.39, 0.29) is 0 Å². The third-order valence-electron chi connectivity index (χ3n) is 5.96. The van der Waals surface area contributed by atoms with Crippen molar-refractivity contribution in [1.29, 1.82) is 0 Å². The van der Waals surface area contributed by atoms with Crippen molar-refractivity contribution in [2.24, 2.45) is 0 Å². The van der Waals surface area contributed by atoms with E-state index >= 15 is 0 Å². The van der Waals surface area contributed by atoms with Gasteiger partial charge in [0.05, 0.1) is 19.9 Å². The van der Waals surface area contributed by atoms with Crippen LogP contribution in [-0.4, -0.2) is 46.7 Å². The fourth-order valence-electron chi connectivity index (χ4n) is 4.35. The standard InChI is InChI=1S/C24H22ClN3O4S/c1-31-19-6-3-13(9-20(19)32-2)23-27-18-7-8-28(12-21(18)33-23)22(24(29)30)16-11-26-17-5-4-14(25)10-15(16)17/h3-6,9-11,22,26H,7-8,12H2,1-2H3,(H,29,30)/t22-/m0/s1. The third kappa shape index (κ3) is 3.94. The van der Waals surface area contributed by atoms with Crippen LogP contribution in [0.5, 0.6) is 11.5 Å². The number of aromatic nitrogens is 2. The molecule has 0 radical (unpaired) electrons. The monoisotopic (exact) mass is 483 g/mol. The first-order chi connectivity index (χ1) is 16.0. The number of rotatable bonds is 6. The van der Waals surface area contributed by atoms with Gasteiger partial charge in [-0.15, -0.1) is 11.3 Å². The smallest absolute Gasteiger partial charge is 0.325 e. The summed E-state index contributed by atoms with van der Waals surface area (Å²) < 4.78 is 10.8. The van der Waals surface area contributed by atoms with Gasteiger partial charge in [-0.25, -0.2) is 4.98 Å². The lowest BCUT2D eigenvalue weighted by atomic mass is 10.0. The molecule has 4 aromatic rings. The predicted octanol–water partition coefficient (Wildman–Crippen LogP) is 5.15. The van der Waals surface area contributed by atoms with E-state index in [0.29, 0.717) is 41.6 Å². The van der Waals surface area contributed by atoms with Gasteiger partial charge in [0.25, 0.3) is 0 Å². The molecule has 170 valence electrons. The van der Waals surface area contributed by atoms with E-state index in [1.807, 2.05) is 35.2 Å². The molecule has 2 N–H and O–H groups in total. The van der Waals surface area contributed by atoms with Crippen molar-refractivity contribution < 1.29 is 19.4 Å². The van der Waals surface area contributed by atoms with E-state index in [9.17, 15) is 9.90 Å².